The number of amides is 1. The Labute approximate surface area is 125 Å². The summed E-state index contributed by atoms with van der Waals surface area (Å²) in [5.41, 5.74) is 8.18. The number of benzene rings is 1. The Hall–Kier alpha value is -1.94. The van der Waals surface area contributed by atoms with Gasteiger partial charge < -0.3 is 11.1 Å². The fraction of sp³-hybridized carbons (Fsp3) is 0.412. The highest BCUT2D eigenvalue weighted by Crippen LogP contribution is 2.23. The molecule has 0 aliphatic rings. The van der Waals surface area contributed by atoms with Crippen LogP contribution >= 0.6 is 0 Å². The highest BCUT2D eigenvalue weighted by molar-refractivity contribution is 6.00. The van der Waals surface area contributed by atoms with E-state index in [1.807, 2.05) is 37.3 Å². The van der Waals surface area contributed by atoms with Gasteiger partial charge >= 0.3 is 0 Å². The average molecular weight is 285 g/mol. The second-order valence-electron chi connectivity index (χ2n) is 5.60. The van der Waals surface area contributed by atoms with Crippen LogP contribution in [0.3, 0.4) is 0 Å². The van der Waals surface area contributed by atoms with Crippen molar-refractivity contribution in [1.82, 2.24) is 4.98 Å². The maximum atomic E-state index is 12.1. The van der Waals surface area contributed by atoms with Crippen LogP contribution in [0.2, 0.25) is 0 Å². The first-order chi connectivity index (χ1) is 10.1. The van der Waals surface area contributed by atoms with Gasteiger partial charge in [-0.25, -0.2) is 0 Å². The lowest BCUT2D eigenvalue weighted by Crippen LogP contribution is -2.14. The van der Waals surface area contributed by atoms with Crippen LogP contribution in [-0.2, 0) is 4.79 Å². The summed E-state index contributed by atoms with van der Waals surface area (Å²) in [7, 11) is 0. The molecule has 2 rings (SSSR count). The van der Waals surface area contributed by atoms with E-state index in [0.717, 1.165) is 35.1 Å². The van der Waals surface area contributed by atoms with E-state index in [2.05, 4.69) is 17.2 Å². The molecule has 0 fully saturated rings. The van der Waals surface area contributed by atoms with Crippen molar-refractivity contribution in [2.75, 3.05) is 11.9 Å². The summed E-state index contributed by atoms with van der Waals surface area (Å²) in [6.07, 6.45) is 2.35. The van der Waals surface area contributed by atoms with Gasteiger partial charge in [0.1, 0.15) is 0 Å². The van der Waals surface area contributed by atoms with E-state index in [0.29, 0.717) is 18.9 Å². The van der Waals surface area contributed by atoms with E-state index in [4.69, 9.17) is 5.73 Å². The predicted molar refractivity (Wildman–Crippen MR) is 87.2 cm³/mol. The van der Waals surface area contributed by atoms with Gasteiger partial charge in [0.2, 0.25) is 5.91 Å². The Morgan fingerprint density at radius 1 is 1.33 bits per heavy atom. The largest absolute Gasteiger partial charge is 0.330 e. The molecule has 0 saturated carbocycles. The normalized spacial score (nSPS) is 12.3. The number of anilines is 1. The van der Waals surface area contributed by atoms with Crippen molar-refractivity contribution in [1.29, 1.82) is 0 Å². The smallest absolute Gasteiger partial charge is 0.224 e. The summed E-state index contributed by atoms with van der Waals surface area (Å²) >= 11 is 0. The lowest BCUT2D eigenvalue weighted by molar-refractivity contribution is -0.116. The summed E-state index contributed by atoms with van der Waals surface area (Å²) in [5, 5.41) is 3.99. The van der Waals surface area contributed by atoms with Crippen molar-refractivity contribution in [3.8, 4) is 0 Å². The van der Waals surface area contributed by atoms with Crippen molar-refractivity contribution in [2.45, 2.75) is 33.1 Å². The van der Waals surface area contributed by atoms with Gasteiger partial charge in [-0.1, -0.05) is 25.1 Å². The molecule has 0 spiro atoms. The summed E-state index contributed by atoms with van der Waals surface area (Å²) in [4.78, 5) is 16.6. The summed E-state index contributed by atoms with van der Waals surface area (Å²) in [6, 6.07) is 9.77. The minimum Gasteiger partial charge on any atom is -0.330 e. The summed E-state index contributed by atoms with van der Waals surface area (Å²) < 4.78 is 0. The van der Waals surface area contributed by atoms with Crippen LogP contribution in [0.25, 0.3) is 10.9 Å². The van der Waals surface area contributed by atoms with Gasteiger partial charge in [-0.3, -0.25) is 9.78 Å². The number of nitrogens with two attached hydrogens (primary N) is 1. The number of nitrogens with one attached hydrogen (secondary N) is 1. The lowest BCUT2D eigenvalue weighted by Gasteiger charge is -2.12. The van der Waals surface area contributed by atoms with Crippen molar-refractivity contribution >= 4 is 22.5 Å². The molecule has 2 aromatic rings. The Morgan fingerprint density at radius 3 is 2.86 bits per heavy atom. The van der Waals surface area contributed by atoms with Crippen LogP contribution in [0.5, 0.6) is 0 Å². The number of aromatic nitrogens is 1. The number of hydrogen-bond acceptors (Lipinski definition) is 3. The molecule has 3 N–H and O–H groups in total. The van der Waals surface area contributed by atoms with Crippen molar-refractivity contribution in [2.24, 2.45) is 11.7 Å². The predicted octanol–water partition coefficient (Wildman–Crippen LogP) is 3.25. The van der Waals surface area contributed by atoms with E-state index < -0.39 is 0 Å². The highest BCUT2D eigenvalue weighted by Gasteiger charge is 2.09. The third kappa shape index (κ3) is 4.26. The SMILES string of the molecule is Cc1cc(NC(=O)CCC(C)CCN)c2ccccc2n1. The maximum absolute atomic E-state index is 12.1. The zero-order chi connectivity index (χ0) is 15.2. The average Bonchev–Trinajstić information content (AvgIpc) is 2.45. The summed E-state index contributed by atoms with van der Waals surface area (Å²) in [6.45, 7) is 4.74. The van der Waals surface area contributed by atoms with Crippen LogP contribution in [0.4, 0.5) is 5.69 Å². The molecule has 21 heavy (non-hydrogen) atoms. The molecule has 4 heteroatoms. The van der Waals surface area contributed by atoms with Crippen LogP contribution < -0.4 is 11.1 Å². The number of hydrogen-bond donors (Lipinski definition) is 2. The quantitative estimate of drug-likeness (QED) is 0.856. The van der Waals surface area contributed by atoms with Crippen molar-refractivity contribution < 1.29 is 4.79 Å². The van der Waals surface area contributed by atoms with E-state index in [1.165, 1.54) is 0 Å². The minimum absolute atomic E-state index is 0.0506. The van der Waals surface area contributed by atoms with Gasteiger partial charge in [-0.05, 0) is 44.4 Å². The Balaban J connectivity index is 2.07. The minimum atomic E-state index is 0.0506. The van der Waals surface area contributed by atoms with Gasteiger partial charge in [0, 0.05) is 17.5 Å². The standard InChI is InChI=1S/C17H23N3O/c1-12(9-10-18)7-8-17(21)20-16-11-13(2)19-15-6-4-3-5-14(15)16/h3-6,11-12H,7-10,18H2,1-2H3,(H,19,20,21). The Bertz CT molecular complexity index is 624. The first-order valence-corrected chi connectivity index (χ1v) is 7.46. The van der Waals surface area contributed by atoms with Gasteiger partial charge in [0.25, 0.3) is 0 Å². The molecule has 1 amide bonds. The first-order valence-electron chi connectivity index (χ1n) is 7.46. The Morgan fingerprint density at radius 2 is 2.10 bits per heavy atom. The van der Waals surface area contributed by atoms with E-state index in [-0.39, 0.29) is 5.91 Å². The monoisotopic (exact) mass is 285 g/mol. The molecule has 0 radical (unpaired) electrons. The van der Waals surface area contributed by atoms with Crippen LogP contribution in [0, 0.1) is 12.8 Å². The number of nitrogens with zero attached hydrogens (tertiary/aromatic N) is 1. The molecule has 4 nitrogen and oxygen atoms in total. The first kappa shape index (κ1) is 15.4. The Kier molecular flexibility index (Phi) is 5.28. The highest BCUT2D eigenvalue weighted by atomic mass is 16.1. The zero-order valence-electron chi connectivity index (χ0n) is 12.7. The van der Waals surface area contributed by atoms with E-state index >= 15 is 0 Å². The molecule has 0 bridgehead atoms. The van der Waals surface area contributed by atoms with E-state index in [9.17, 15) is 4.79 Å². The van der Waals surface area contributed by atoms with Crippen LogP contribution in [0.1, 0.15) is 31.9 Å². The third-order valence-corrected chi connectivity index (χ3v) is 3.64. The summed E-state index contributed by atoms with van der Waals surface area (Å²) in [5.74, 6) is 0.534. The topological polar surface area (TPSA) is 68.0 Å². The number of carbonyl (C=O) groups is 1. The molecule has 0 aliphatic carbocycles. The molecular formula is C17H23N3O. The van der Waals surface area contributed by atoms with Crippen LogP contribution in [-0.4, -0.2) is 17.4 Å². The molecule has 1 aromatic heterocycles. The fourth-order valence-corrected chi connectivity index (χ4v) is 2.43. The molecular weight excluding hydrogens is 262 g/mol. The van der Waals surface area contributed by atoms with E-state index in [1.54, 1.807) is 0 Å². The van der Waals surface area contributed by atoms with Crippen molar-refractivity contribution in [3.05, 3.63) is 36.0 Å². The van der Waals surface area contributed by atoms with Crippen LogP contribution in [0.15, 0.2) is 30.3 Å². The molecule has 1 heterocycles. The number of fused-ring (bicyclic) bond motifs is 1. The number of rotatable bonds is 6. The molecule has 1 unspecified atom stereocenters. The number of pyridine rings is 1. The van der Waals surface area contributed by atoms with Gasteiger partial charge in [-0.2, -0.15) is 0 Å². The number of para-hydroxylation sites is 1. The van der Waals surface area contributed by atoms with Gasteiger partial charge in [0.05, 0.1) is 11.2 Å². The second-order valence-corrected chi connectivity index (χ2v) is 5.60. The van der Waals surface area contributed by atoms with Gasteiger partial charge in [-0.15, -0.1) is 0 Å². The molecule has 1 atom stereocenters. The van der Waals surface area contributed by atoms with Gasteiger partial charge in [0.15, 0.2) is 0 Å². The number of aryl methyl sites for hydroxylation is 1. The fourth-order valence-electron chi connectivity index (χ4n) is 2.43. The lowest BCUT2D eigenvalue weighted by atomic mass is 10.0. The molecule has 1 aromatic carbocycles. The van der Waals surface area contributed by atoms with Crippen molar-refractivity contribution in [3.63, 3.8) is 0 Å². The molecule has 0 saturated heterocycles. The zero-order valence-corrected chi connectivity index (χ0v) is 12.7. The third-order valence-electron chi connectivity index (χ3n) is 3.64. The molecule has 112 valence electrons. The second kappa shape index (κ2) is 7.18. The molecule has 0 aliphatic heterocycles. The number of carbonyl (C=O) groups excluding carboxylic acids is 1. The maximum Gasteiger partial charge on any atom is 0.224 e.